The molecule has 2 aromatic carbocycles. The quantitative estimate of drug-likeness (QED) is 0.612. The van der Waals surface area contributed by atoms with E-state index in [4.69, 9.17) is 38.1 Å². The van der Waals surface area contributed by atoms with Crippen molar-refractivity contribution in [2.45, 2.75) is 32.0 Å². The van der Waals surface area contributed by atoms with Crippen LogP contribution in [-0.4, -0.2) is 34.2 Å². The fraction of sp³-hybridized carbons (Fsp3) is 0.333. The van der Waals surface area contributed by atoms with Crippen LogP contribution in [0.3, 0.4) is 0 Å². The van der Waals surface area contributed by atoms with Crippen molar-refractivity contribution in [2.75, 3.05) is 13.2 Å². The Labute approximate surface area is 174 Å². The normalized spacial score (nSPS) is 16.6. The van der Waals surface area contributed by atoms with Crippen LogP contribution in [-0.2, 0) is 17.8 Å². The fourth-order valence-electron chi connectivity index (χ4n) is 3.35. The minimum absolute atomic E-state index is 0.295. The third-order valence-electron chi connectivity index (χ3n) is 4.79. The molecule has 1 fully saturated rings. The van der Waals surface area contributed by atoms with Crippen LogP contribution in [0.15, 0.2) is 48.5 Å². The van der Waals surface area contributed by atoms with Crippen LogP contribution in [0.5, 0.6) is 0 Å². The van der Waals surface area contributed by atoms with Crippen LogP contribution in [0.25, 0.3) is 11.3 Å². The Hall–Kier alpha value is -1.92. The number of hydrogen-bond acceptors (Lipinski definition) is 4. The van der Waals surface area contributed by atoms with Gasteiger partial charge in [-0.3, -0.25) is 0 Å². The zero-order valence-corrected chi connectivity index (χ0v) is 17.0. The van der Waals surface area contributed by atoms with Gasteiger partial charge in [0.25, 0.3) is 0 Å². The van der Waals surface area contributed by atoms with E-state index in [0.29, 0.717) is 29.2 Å². The van der Waals surface area contributed by atoms with Gasteiger partial charge in [0.2, 0.25) is 0 Å². The lowest BCUT2D eigenvalue weighted by molar-refractivity contribution is 0.110. The molecular weight excluding hydrogens is 395 g/mol. The smallest absolute Gasteiger partial charge is 0.117 e. The Bertz CT molecular complexity index is 923. The molecule has 0 saturated carbocycles. The van der Waals surface area contributed by atoms with Crippen molar-refractivity contribution in [1.82, 2.24) is 20.3 Å². The molecule has 7 heteroatoms. The van der Waals surface area contributed by atoms with Gasteiger partial charge in [-0.05, 0) is 30.5 Å². The lowest BCUT2D eigenvalue weighted by atomic mass is 10.1. The maximum absolute atomic E-state index is 6.32. The average molecular weight is 417 g/mol. The molecule has 0 bridgehead atoms. The number of rotatable bonds is 7. The van der Waals surface area contributed by atoms with Gasteiger partial charge in [-0.2, -0.15) is 15.0 Å². The average Bonchev–Trinajstić information content (AvgIpc) is 3.35. The molecule has 146 valence electrons. The molecule has 0 spiro atoms. The van der Waals surface area contributed by atoms with Gasteiger partial charge in [0.1, 0.15) is 11.4 Å². The number of hydrogen-bond donors (Lipinski definition) is 1. The first kappa shape index (κ1) is 19.4. The first-order chi connectivity index (χ1) is 13.7. The van der Waals surface area contributed by atoms with E-state index in [1.807, 2.05) is 42.5 Å². The summed E-state index contributed by atoms with van der Waals surface area (Å²) in [5, 5.41) is 14.1. The molecule has 1 atom stereocenters. The van der Waals surface area contributed by atoms with Crippen molar-refractivity contribution in [2.24, 2.45) is 0 Å². The fourth-order valence-corrected chi connectivity index (χ4v) is 3.82. The second-order valence-electron chi connectivity index (χ2n) is 6.89. The highest BCUT2D eigenvalue weighted by Gasteiger charge is 2.17. The Kier molecular flexibility index (Phi) is 6.27. The van der Waals surface area contributed by atoms with Crippen molar-refractivity contribution in [3.05, 3.63) is 69.8 Å². The van der Waals surface area contributed by atoms with Gasteiger partial charge in [-0.1, -0.05) is 59.6 Å². The van der Waals surface area contributed by atoms with Crippen LogP contribution in [0.4, 0.5) is 0 Å². The molecule has 0 unspecified atom stereocenters. The minimum Gasteiger partial charge on any atom is -0.377 e. The van der Waals surface area contributed by atoms with Crippen molar-refractivity contribution < 1.29 is 4.74 Å². The van der Waals surface area contributed by atoms with Crippen molar-refractivity contribution in [3.8, 4) is 11.3 Å². The van der Waals surface area contributed by atoms with Crippen LogP contribution in [0, 0.1) is 0 Å². The highest BCUT2D eigenvalue weighted by molar-refractivity contribution is 6.35. The van der Waals surface area contributed by atoms with Crippen molar-refractivity contribution in [3.63, 3.8) is 0 Å². The lowest BCUT2D eigenvalue weighted by Gasteiger charge is -2.10. The van der Waals surface area contributed by atoms with Crippen LogP contribution >= 0.6 is 23.2 Å². The van der Waals surface area contributed by atoms with Gasteiger partial charge in [0.15, 0.2) is 0 Å². The number of nitrogens with zero attached hydrogens (tertiary/aromatic N) is 3. The first-order valence-corrected chi connectivity index (χ1v) is 10.2. The van der Waals surface area contributed by atoms with E-state index in [0.717, 1.165) is 48.5 Å². The van der Waals surface area contributed by atoms with E-state index >= 15 is 0 Å². The Morgan fingerprint density at radius 1 is 1.11 bits per heavy atom. The summed E-state index contributed by atoms with van der Waals surface area (Å²) >= 11 is 12.3. The van der Waals surface area contributed by atoms with Gasteiger partial charge in [-0.15, -0.1) is 0 Å². The molecule has 5 nitrogen and oxygen atoms in total. The maximum Gasteiger partial charge on any atom is 0.117 e. The first-order valence-electron chi connectivity index (χ1n) is 9.45. The van der Waals surface area contributed by atoms with Gasteiger partial charge in [-0.25, -0.2) is 0 Å². The summed E-state index contributed by atoms with van der Waals surface area (Å²) in [5.41, 5.74) is 3.77. The summed E-state index contributed by atoms with van der Waals surface area (Å²) in [6.07, 6.45) is 2.54. The third-order valence-corrected chi connectivity index (χ3v) is 5.37. The van der Waals surface area contributed by atoms with Crippen molar-refractivity contribution in [1.29, 1.82) is 0 Å². The SMILES string of the molecule is Clc1ccc(Cn2nc(CNC[C@@H]3CCCO3)c(-c3ccccc3)n2)c(Cl)c1. The third kappa shape index (κ3) is 4.73. The zero-order chi connectivity index (χ0) is 19.3. The molecule has 1 aliphatic rings. The van der Waals surface area contributed by atoms with E-state index < -0.39 is 0 Å². The van der Waals surface area contributed by atoms with Crippen LogP contribution in [0.2, 0.25) is 10.0 Å². The summed E-state index contributed by atoms with van der Waals surface area (Å²) in [4.78, 5) is 1.69. The molecule has 1 saturated heterocycles. The minimum atomic E-state index is 0.295. The van der Waals surface area contributed by atoms with Crippen LogP contribution < -0.4 is 5.32 Å². The largest absolute Gasteiger partial charge is 0.377 e. The summed E-state index contributed by atoms with van der Waals surface area (Å²) in [6.45, 7) is 2.81. The van der Waals surface area contributed by atoms with E-state index in [9.17, 15) is 0 Å². The zero-order valence-electron chi connectivity index (χ0n) is 15.4. The Morgan fingerprint density at radius 2 is 1.96 bits per heavy atom. The van der Waals surface area contributed by atoms with E-state index in [-0.39, 0.29) is 0 Å². The molecule has 28 heavy (non-hydrogen) atoms. The monoisotopic (exact) mass is 416 g/mol. The summed E-state index contributed by atoms with van der Waals surface area (Å²) < 4.78 is 5.68. The summed E-state index contributed by atoms with van der Waals surface area (Å²) in [7, 11) is 0. The molecule has 2 heterocycles. The van der Waals surface area contributed by atoms with E-state index in [2.05, 4.69) is 5.32 Å². The van der Waals surface area contributed by atoms with Crippen molar-refractivity contribution >= 4 is 23.2 Å². The predicted molar refractivity (Wildman–Crippen MR) is 112 cm³/mol. The Balaban J connectivity index is 1.54. The highest BCUT2D eigenvalue weighted by atomic mass is 35.5. The molecule has 1 aromatic heterocycles. The topological polar surface area (TPSA) is 52.0 Å². The predicted octanol–water partition coefficient (Wildman–Crippen LogP) is 4.57. The van der Waals surface area contributed by atoms with Gasteiger partial charge in [0, 0.05) is 35.3 Å². The maximum atomic E-state index is 6.32. The molecule has 0 aliphatic carbocycles. The Morgan fingerprint density at radius 3 is 2.71 bits per heavy atom. The standard InChI is InChI=1S/C21H22Cl2N4O/c22-17-9-8-16(19(23)11-17)14-27-25-20(13-24-12-18-7-4-10-28-18)21(26-27)15-5-2-1-3-6-15/h1-3,5-6,8-9,11,18,24H,4,7,10,12-14H2/t18-/m0/s1. The summed E-state index contributed by atoms with van der Waals surface area (Å²) in [5.74, 6) is 0. The molecular formula is C21H22Cl2N4O. The van der Waals surface area contributed by atoms with Crippen LogP contribution in [0.1, 0.15) is 24.1 Å². The summed E-state index contributed by atoms with van der Waals surface area (Å²) in [6, 6.07) is 15.6. The van der Waals surface area contributed by atoms with Gasteiger partial charge in [0.05, 0.1) is 12.6 Å². The lowest BCUT2D eigenvalue weighted by Crippen LogP contribution is -2.26. The molecule has 0 amide bonds. The number of ether oxygens (including phenoxy) is 1. The molecule has 1 N–H and O–H groups in total. The molecule has 1 aliphatic heterocycles. The van der Waals surface area contributed by atoms with Gasteiger partial charge >= 0.3 is 0 Å². The molecule has 0 radical (unpaired) electrons. The van der Waals surface area contributed by atoms with E-state index in [1.54, 1.807) is 10.9 Å². The number of halogens is 2. The number of benzene rings is 2. The second-order valence-corrected chi connectivity index (χ2v) is 7.74. The van der Waals surface area contributed by atoms with Gasteiger partial charge < -0.3 is 10.1 Å². The number of nitrogens with one attached hydrogen (secondary N) is 1. The molecule has 4 rings (SSSR count). The van der Waals surface area contributed by atoms with E-state index in [1.165, 1.54) is 0 Å². The molecule has 3 aromatic rings. The highest BCUT2D eigenvalue weighted by Crippen LogP contribution is 2.24. The second kappa shape index (κ2) is 9.05. The number of aromatic nitrogens is 3.